The van der Waals surface area contributed by atoms with E-state index in [2.05, 4.69) is 4.74 Å². The number of benzene rings is 2. The van der Waals surface area contributed by atoms with E-state index in [0.29, 0.717) is 6.61 Å². The fourth-order valence-electron chi connectivity index (χ4n) is 1.75. The molecular weight excluding hydrogens is 240 g/mol. The molecule has 0 fully saturated rings. The van der Waals surface area contributed by atoms with E-state index in [1.807, 2.05) is 54.6 Å². The third-order valence-electron chi connectivity index (χ3n) is 2.77. The number of rotatable bonds is 5. The Bertz CT molecular complexity index is 535. The number of hydrogen-bond acceptors (Lipinski definition) is 3. The van der Waals surface area contributed by atoms with E-state index in [0.717, 1.165) is 16.9 Å². The second kappa shape index (κ2) is 6.59. The Balaban J connectivity index is 2.05. The van der Waals surface area contributed by atoms with Crippen molar-refractivity contribution in [1.29, 1.82) is 0 Å². The van der Waals surface area contributed by atoms with E-state index in [1.165, 1.54) is 7.11 Å². The van der Waals surface area contributed by atoms with Crippen LogP contribution in [0.3, 0.4) is 0 Å². The second-order valence-corrected chi connectivity index (χ2v) is 4.13. The first-order chi connectivity index (χ1) is 9.29. The van der Waals surface area contributed by atoms with Crippen LogP contribution in [0.2, 0.25) is 0 Å². The van der Waals surface area contributed by atoms with Crippen molar-refractivity contribution in [3.8, 4) is 5.75 Å². The summed E-state index contributed by atoms with van der Waals surface area (Å²) in [4.78, 5) is 11.3. The van der Waals surface area contributed by atoms with Crippen molar-refractivity contribution >= 4 is 5.97 Å². The number of para-hydroxylation sites is 1. The van der Waals surface area contributed by atoms with Crippen LogP contribution in [0.15, 0.2) is 54.6 Å². The van der Waals surface area contributed by atoms with Crippen LogP contribution >= 0.6 is 0 Å². The third kappa shape index (κ3) is 3.85. The molecule has 0 aromatic heterocycles. The number of hydrogen-bond donors (Lipinski definition) is 0. The van der Waals surface area contributed by atoms with Crippen molar-refractivity contribution in [1.82, 2.24) is 0 Å². The van der Waals surface area contributed by atoms with Gasteiger partial charge in [0.05, 0.1) is 13.5 Å². The van der Waals surface area contributed by atoms with Gasteiger partial charge in [-0.3, -0.25) is 4.79 Å². The van der Waals surface area contributed by atoms with E-state index in [4.69, 9.17) is 4.74 Å². The molecule has 0 atom stereocenters. The molecular formula is C16H16O3. The zero-order chi connectivity index (χ0) is 13.5. The van der Waals surface area contributed by atoms with Crippen molar-refractivity contribution in [3.63, 3.8) is 0 Å². The standard InChI is InChI=1S/C16H16O3/c1-18-16(17)11-14-9-5-6-10-15(14)19-12-13-7-3-2-4-8-13/h2-10H,11-12H2,1H3. The fourth-order valence-corrected chi connectivity index (χ4v) is 1.75. The van der Waals surface area contributed by atoms with Gasteiger partial charge in [-0.15, -0.1) is 0 Å². The van der Waals surface area contributed by atoms with Crippen LogP contribution in [0.4, 0.5) is 0 Å². The molecule has 2 aromatic carbocycles. The first-order valence-corrected chi connectivity index (χ1v) is 6.11. The summed E-state index contributed by atoms with van der Waals surface area (Å²) in [7, 11) is 1.38. The summed E-state index contributed by atoms with van der Waals surface area (Å²) < 4.78 is 10.4. The number of carbonyl (C=O) groups excluding carboxylic acids is 1. The molecule has 3 heteroatoms. The topological polar surface area (TPSA) is 35.5 Å². The van der Waals surface area contributed by atoms with Crippen LogP contribution in [-0.4, -0.2) is 13.1 Å². The summed E-state index contributed by atoms with van der Waals surface area (Å²) in [6.07, 6.45) is 0.224. The van der Waals surface area contributed by atoms with Gasteiger partial charge in [-0.25, -0.2) is 0 Å². The summed E-state index contributed by atoms with van der Waals surface area (Å²) >= 11 is 0. The van der Waals surface area contributed by atoms with Gasteiger partial charge in [0, 0.05) is 5.56 Å². The number of carbonyl (C=O) groups is 1. The van der Waals surface area contributed by atoms with Gasteiger partial charge in [-0.2, -0.15) is 0 Å². The highest BCUT2D eigenvalue weighted by Crippen LogP contribution is 2.20. The Morgan fingerprint density at radius 1 is 1.00 bits per heavy atom. The average molecular weight is 256 g/mol. The largest absolute Gasteiger partial charge is 0.489 e. The number of esters is 1. The second-order valence-electron chi connectivity index (χ2n) is 4.13. The Morgan fingerprint density at radius 3 is 2.42 bits per heavy atom. The summed E-state index contributed by atoms with van der Waals surface area (Å²) in [5.74, 6) is 0.451. The maximum absolute atomic E-state index is 11.3. The van der Waals surface area contributed by atoms with Gasteiger partial charge in [0.25, 0.3) is 0 Å². The predicted molar refractivity (Wildman–Crippen MR) is 72.9 cm³/mol. The maximum Gasteiger partial charge on any atom is 0.310 e. The van der Waals surface area contributed by atoms with Gasteiger partial charge in [0.2, 0.25) is 0 Å². The van der Waals surface area contributed by atoms with E-state index in [9.17, 15) is 4.79 Å². The quantitative estimate of drug-likeness (QED) is 0.771. The Kier molecular flexibility index (Phi) is 4.56. The highest BCUT2D eigenvalue weighted by atomic mass is 16.5. The van der Waals surface area contributed by atoms with Gasteiger partial charge in [-0.1, -0.05) is 48.5 Å². The highest BCUT2D eigenvalue weighted by molar-refractivity contribution is 5.73. The lowest BCUT2D eigenvalue weighted by Crippen LogP contribution is -2.06. The molecule has 0 radical (unpaired) electrons. The lowest BCUT2D eigenvalue weighted by molar-refractivity contribution is -0.139. The molecule has 2 aromatic rings. The van der Waals surface area contributed by atoms with Crippen LogP contribution in [0.5, 0.6) is 5.75 Å². The van der Waals surface area contributed by atoms with Crippen LogP contribution in [-0.2, 0) is 22.6 Å². The van der Waals surface area contributed by atoms with E-state index in [1.54, 1.807) is 0 Å². The first-order valence-electron chi connectivity index (χ1n) is 6.11. The summed E-state index contributed by atoms with van der Waals surface area (Å²) in [6.45, 7) is 0.485. The molecule has 0 saturated heterocycles. The molecule has 0 heterocycles. The summed E-state index contributed by atoms with van der Waals surface area (Å²) in [5, 5.41) is 0. The molecule has 0 amide bonds. The minimum atomic E-state index is -0.268. The highest BCUT2D eigenvalue weighted by Gasteiger charge is 2.08. The van der Waals surface area contributed by atoms with Gasteiger partial charge in [-0.05, 0) is 11.6 Å². The fraction of sp³-hybridized carbons (Fsp3) is 0.188. The molecule has 2 rings (SSSR count). The molecule has 0 N–H and O–H groups in total. The molecule has 0 aliphatic heterocycles. The Morgan fingerprint density at radius 2 is 1.68 bits per heavy atom. The van der Waals surface area contributed by atoms with Crippen molar-refractivity contribution in [2.75, 3.05) is 7.11 Å². The zero-order valence-electron chi connectivity index (χ0n) is 10.8. The molecule has 3 nitrogen and oxygen atoms in total. The van der Waals surface area contributed by atoms with E-state index in [-0.39, 0.29) is 12.4 Å². The molecule has 0 unspecified atom stereocenters. The SMILES string of the molecule is COC(=O)Cc1ccccc1OCc1ccccc1. The van der Waals surface area contributed by atoms with Crippen molar-refractivity contribution < 1.29 is 14.3 Å². The van der Waals surface area contributed by atoms with Gasteiger partial charge < -0.3 is 9.47 Å². The lowest BCUT2D eigenvalue weighted by Gasteiger charge is -2.10. The molecule has 0 spiro atoms. The zero-order valence-corrected chi connectivity index (χ0v) is 10.8. The number of methoxy groups -OCH3 is 1. The van der Waals surface area contributed by atoms with E-state index < -0.39 is 0 Å². The van der Waals surface area contributed by atoms with Crippen molar-refractivity contribution in [2.45, 2.75) is 13.0 Å². The van der Waals surface area contributed by atoms with Crippen molar-refractivity contribution in [3.05, 3.63) is 65.7 Å². The molecule has 98 valence electrons. The van der Waals surface area contributed by atoms with E-state index >= 15 is 0 Å². The molecule has 0 aliphatic rings. The summed E-state index contributed by atoms with van der Waals surface area (Å²) in [5.41, 5.74) is 1.93. The molecule has 0 saturated carbocycles. The minimum Gasteiger partial charge on any atom is -0.489 e. The van der Waals surface area contributed by atoms with Gasteiger partial charge >= 0.3 is 5.97 Å². The van der Waals surface area contributed by atoms with Crippen LogP contribution in [0.1, 0.15) is 11.1 Å². The predicted octanol–water partition coefficient (Wildman–Crippen LogP) is 2.98. The van der Waals surface area contributed by atoms with Crippen LogP contribution < -0.4 is 4.74 Å². The number of ether oxygens (including phenoxy) is 2. The average Bonchev–Trinajstić information content (AvgIpc) is 2.47. The van der Waals surface area contributed by atoms with Crippen molar-refractivity contribution in [2.24, 2.45) is 0 Å². The lowest BCUT2D eigenvalue weighted by atomic mass is 10.1. The maximum atomic E-state index is 11.3. The summed E-state index contributed by atoms with van der Waals surface area (Å²) in [6, 6.07) is 17.4. The monoisotopic (exact) mass is 256 g/mol. The smallest absolute Gasteiger partial charge is 0.310 e. The Hall–Kier alpha value is -2.29. The first kappa shape index (κ1) is 13.1. The normalized spacial score (nSPS) is 9.95. The minimum absolute atomic E-state index is 0.224. The van der Waals surface area contributed by atoms with Crippen LogP contribution in [0, 0.1) is 0 Å². The van der Waals surface area contributed by atoms with Gasteiger partial charge in [0.15, 0.2) is 0 Å². The molecule has 0 aliphatic carbocycles. The third-order valence-corrected chi connectivity index (χ3v) is 2.77. The molecule has 19 heavy (non-hydrogen) atoms. The van der Waals surface area contributed by atoms with Crippen LogP contribution in [0.25, 0.3) is 0 Å². The Labute approximate surface area is 112 Å². The molecule has 0 bridgehead atoms. The van der Waals surface area contributed by atoms with Gasteiger partial charge in [0.1, 0.15) is 12.4 Å².